The number of ketones is 1. The van der Waals surface area contributed by atoms with Gasteiger partial charge in [-0.2, -0.15) is 0 Å². The van der Waals surface area contributed by atoms with Gasteiger partial charge in [-0.3, -0.25) is 4.79 Å². The molecule has 4 nitrogen and oxygen atoms in total. The molecular weight excluding hydrogens is 232 g/mol. The number of Topliss-reactive ketones (excluding diaryl/α,β-unsaturated/α-hetero) is 1. The van der Waals surface area contributed by atoms with E-state index in [-0.39, 0.29) is 11.5 Å². The SMILES string of the molecule is COC(=O)/C=C1\OC(c2ccccc2)=C(C)C1=O. The van der Waals surface area contributed by atoms with Gasteiger partial charge in [-0.05, 0) is 6.92 Å². The minimum atomic E-state index is -0.611. The molecule has 0 atom stereocenters. The third kappa shape index (κ3) is 2.18. The van der Waals surface area contributed by atoms with Crippen molar-refractivity contribution < 1.29 is 19.1 Å². The van der Waals surface area contributed by atoms with Crippen LogP contribution in [0.3, 0.4) is 0 Å². The third-order valence-corrected chi connectivity index (χ3v) is 2.60. The van der Waals surface area contributed by atoms with Gasteiger partial charge in [0.05, 0.1) is 13.2 Å². The summed E-state index contributed by atoms with van der Waals surface area (Å²) in [5, 5.41) is 0. The van der Waals surface area contributed by atoms with Crippen LogP contribution in [0.4, 0.5) is 0 Å². The first-order valence-electron chi connectivity index (χ1n) is 5.42. The summed E-state index contributed by atoms with van der Waals surface area (Å²) >= 11 is 0. The van der Waals surface area contributed by atoms with Crippen LogP contribution < -0.4 is 0 Å². The fourth-order valence-electron chi connectivity index (χ4n) is 1.65. The van der Waals surface area contributed by atoms with E-state index in [1.165, 1.54) is 7.11 Å². The Bertz CT molecular complexity index is 552. The smallest absolute Gasteiger partial charge is 0.334 e. The van der Waals surface area contributed by atoms with Crippen molar-refractivity contribution in [3.63, 3.8) is 0 Å². The Morgan fingerprint density at radius 3 is 2.56 bits per heavy atom. The van der Waals surface area contributed by atoms with Crippen molar-refractivity contribution in [2.75, 3.05) is 7.11 Å². The first-order valence-corrected chi connectivity index (χ1v) is 5.42. The molecule has 1 aliphatic heterocycles. The lowest BCUT2D eigenvalue weighted by atomic mass is 10.1. The second-order valence-corrected chi connectivity index (χ2v) is 3.78. The highest BCUT2D eigenvalue weighted by Gasteiger charge is 2.28. The van der Waals surface area contributed by atoms with Crippen LogP contribution in [0.5, 0.6) is 0 Å². The zero-order valence-corrected chi connectivity index (χ0v) is 10.1. The van der Waals surface area contributed by atoms with Crippen molar-refractivity contribution in [3.05, 3.63) is 53.3 Å². The predicted molar refractivity (Wildman–Crippen MR) is 65.2 cm³/mol. The van der Waals surface area contributed by atoms with Crippen molar-refractivity contribution in [2.24, 2.45) is 0 Å². The molecule has 0 bridgehead atoms. The molecule has 0 saturated carbocycles. The molecule has 0 amide bonds. The van der Waals surface area contributed by atoms with Gasteiger partial charge in [0.2, 0.25) is 5.78 Å². The monoisotopic (exact) mass is 244 g/mol. The van der Waals surface area contributed by atoms with Gasteiger partial charge in [0, 0.05) is 11.1 Å². The Morgan fingerprint density at radius 1 is 1.28 bits per heavy atom. The molecule has 1 aromatic carbocycles. The first kappa shape index (κ1) is 12.1. The Labute approximate surface area is 105 Å². The van der Waals surface area contributed by atoms with Crippen LogP contribution in [0, 0.1) is 0 Å². The second-order valence-electron chi connectivity index (χ2n) is 3.78. The first-order chi connectivity index (χ1) is 8.63. The Hall–Kier alpha value is -2.36. The number of esters is 1. The topological polar surface area (TPSA) is 52.6 Å². The molecule has 0 spiro atoms. The number of hydrogen-bond acceptors (Lipinski definition) is 4. The number of benzene rings is 1. The van der Waals surface area contributed by atoms with Crippen LogP contribution in [0.1, 0.15) is 12.5 Å². The van der Waals surface area contributed by atoms with Crippen molar-refractivity contribution in [1.29, 1.82) is 0 Å². The molecular formula is C14H12O4. The highest BCUT2D eigenvalue weighted by molar-refractivity contribution is 6.16. The molecule has 1 aliphatic rings. The summed E-state index contributed by atoms with van der Waals surface area (Å²) < 4.78 is 9.91. The van der Waals surface area contributed by atoms with Gasteiger partial charge in [-0.25, -0.2) is 4.79 Å². The summed E-state index contributed by atoms with van der Waals surface area (Å²) in [5.74, 6) is -0.423. The predicted octanol–water partition coefficient (Wildman–Crippen LogP) is 2.07. The molecule has 2 rings (SSSR count). The van der Waals surface area contributed by atoms with Crippen LogP contribution in [-0.4, -0.2) is 18.9 Å². The average Bonchev–Trinajstić information content (AvgIpc) is 2.68. The van der Waals surface area contributed by atoms with E-state index in [2.05, 4.69) is 4.74 Å². The van der Waals surface area contributed by atoms with E-state index < -0.39 is 5.97 Å². The van der Waals surface area contributed by atoms with E-state index in [0.717, 1.165) is 11.6 Å². The summed E-state index contributed by atoms with van der Waals surface area (Å²) in [6, 6.07) is 9.26. The van der Waals surface area contributed by atoms with Gasteiger partial charge in [-0.15, -0.1) is 0 Å². The van der Waals surface area contributed by atoms with Gasteiger partial charge < -0.3 is 9.47 Å². The summed E-state index contributed by atoms with van der Waals surface area (Å²) in [5.41, 5.74) is 1.29. The van der Waals surface area contributed by atoms with E-state index in [1.807, 2.05) is 30.3 Å². The highest BCUT2D eigenvalue weighted by Crippen LogP contribution is 2.31. The molecule has 0 saturated heterocycles. The van der Waals surface area contributed by atoms with Gasteiger partial charge >= 0.3 is 5.97 Å². The van der Waals surface area contributed by atoms with Gasteiger partial charge in [0.15, 0.2) is 5.76 Å². The maximum atomic E-state index is 11.9. The van der Waals surface area contributed by atoms with E-state index in [0.29, 0.717) is 11.3 Å². The summed E-state index contributed by atoms with van der Waals surface area (Å²) in [6.45, 7) is 1.67. The third-order valence-electron chi connectivity index (χ3n) is 2.60. The molecule has 0 fully saturated rings. The van der Waals surface area contributed by atoms with Gasteiger partial charge in [0.25, 0.3) is 0 Å². The number of rotatable bonds is 2. The Morgan fingerprint density at radius 2 is 1.94 bits per heavy atom. The number of hydrogen-bond donors (Lipinski definition) is 0. The van der Waals surface area contributed by atoms with Crippen LogP contribution in [0.15, 0.2) is 47.7 Å². The van der Waals surface area contributed by atoms with Crippen LogP contribution >= 0.6 is 0 Å². The standard InChI is InChI=1S/C14H12O4/c1-9-13(16)11(8-12(15)17-2)18-14(9)10-6-4-3-5-7-10/h3-8H,1-2H3/b11-8-. The van der Waals surface area contributed by atoms with E-state index in [9.17, 15) is 9.59 Å². The second kappa shape index (κ2) is 4.87. The quantitative estimate of drug-likeness (QED) is 0.590. The van der Waals surface area contributed by atoms with Crippen molar-refractivity contribution in [1.82, 2.24) is 0 Å². The van der Waals surface area contributed by atoms with Crippen molar-refractivity contribution in [2.45, 2.75) is 6.92 Å². The van der Waals surface area contributed by atoms with Crippen LogP contribution in [0.2, 0.25) is 0 Å². The number of ether oxygens (including phenoxy) is 2. The lowest BCUT2D eigenvalue weighted by molar-refractivity contribution is -0.135. The van der Waals surface area contributed by atoms with E-state index >= 15 is 0 Å². The zero-order chi connectivity index (χ0) is 13.1. The van der Waals surface area contributed by atoms with Crippen molar-refractivity contribution in [3.8, 4) is 0 Å². The highest BCUT2D eigenvalue weighted by atomic mass is 16.5. The molecule has 0 unspecified atom stereocenters. The molecule has 92 valence electrons. The van der Waals surface area contributed by atoms with E-state index in [1.54, 1.807) is 6.92 Å². The Balaban J connectivity index is 2.33. The molecule has 0 N–H and O–H groups in total. The molecule has 1 heterocycles. The largest absolute Gasteiger partial charge is 0.466 e. The maximum absolute atomic E-state index is 11.9. The molecule has 0 aliphatic carbocycles. The van der Waals surface area contributed by atoms with Crippen molar-refractivity contribution >= 4 is 17.5 Å². The number of allylic oxidation sites excluding steroid dienone is 1. The molecule has 0 aromatic heterocycles. The van der Waals surface area contributed by atoms with Gasteiger partial charge in [0.1, 0.15) is 5.76 Å². The summed E-state index contributed by atoms with van der Waals surface area (Å²) in [6.07, 6.45) is 1.06. The van der Waals surface area contributed by atoms with Crippen LogP contribution in [0.25, 0.3) is 5.76 Å². The zero-order valence-electron chi connectivity index (χ0n) is 10.1. The Kier molecular flexibility index (Phi) is 3.28. The summed E-state index contributed by atoms with van der Waals surface area (Å²) in [4.78, 5) is 23.0. The molecule has 0 radical (unpaired) electrons. The maximum Gasteiger partial charge on any atom is 0.334 e. The normalized spacial score (nSPS) is 17.0. The fourth-order valence-corrected chi connectivity index (χ4v) is 1.65. The number of methoxy groups -OCH3 is 1. The average molecular weight is 244 g/mol. The van der Waals surface area contributed by atoms with E-state index in [4.69, 9.17) is 4.74 Å². The number of carbonyl (C=O) groups is 2. The summed E-state index contributed by atoms with van der Waals surface area (Å²) in [7, 11) is 1.25. The minimum absolute atomic E-state index is 0.00166. The minimum Gasteiger partial charge on any atom is -0.466 e. The van der Waals surface area contributed by atoms with Crippen LogP contribution in [-0.2, 0) is 19.1 Å². The lowest BCUT2D eigenvalue weighted by Crippen LogP contribution is -2.03. The molecule has 4 heteroatoms. The van der Waals surface area contributed by atoms with Gasteiger partial charge in [-0.1, -0.05) is 30.3 Å². The molecule has 18 heavy (non-hydrogen) atoms. The molecule has 1 aromatic rings. The number of carbonyl (C=O) groups excluding carboxylic acids is 2. The lowest BCUT2D eigenvalue weighted by Gasteiger charge is -2.03. The fraction of sp³-hybridized carbons (Fsp3) is 0.143.